The first-order valence-corrected chi connectivity index (χ1v) is 7.74. The van der Waals surface area contributed by atoms with Crippen molar-refractivity contribution in [2.75, 3.05) is 17.4 Å². The van der Waals surface area contributed by atoms with Gasteiger partial charge < -0.3 is 10.3 Å². The first-order valence-electron chi connectivity index (χ1n) is 6.10. The molecule has 0 saturated carbocycles. The van der Waals surface area contributed by atoms with Crippen LogP contribution in [0.2, 0.25) is 10.0 Å². The molecule has 0 amide bonds. The minimum atomic E-state index is 0.255. The van der Waals surface area contributed by atoms with Gasteiger partial charge in [-0.2, -0.15) is 0 Å². The van der Waals surface area contributed by atoms with Gasteiger partial charge in [-0.15, -0.1) is 11.3 Å². The Morgan fingerprint density at radius 1 is 1.45 bits per heavy atom. The minimum Gasteiger partial charge on any atom is -0.355 e. The molecule has 0 bridgehead atoms. The Kier molecular flexibility index (Phi) is 5.10. The molecule has 0 spiro atoms. The second-order valence-corrected chi connectivity index (χ2v) is 6.36. The van der Waals surface area contributed by atoms with Crippen LogP contribution in [-0.2, 0) is 6.42 Å². The Balaban J connectivity index is 2.21. The van der Waals surface area contributed by atoms with Gasteiger partial charge >= 0.3 is 0 Å². The maximum Gasteiger partial charge on any atom is 0.161 e. The standard InChI is InChI=1S/C13H16Cl2N4S/c1-8(6-9-4-3-5-20-9)19(2)13-11(15)7-10(14)12(17-13)18-16/h3-5,7-8H,6,16H2,1-2H3,(H,17,18). The fourth-order valence-corrected chi connectivity index (χ4v) is 3.24. The van der Waals surface area contributed by atoms with Crippen molar-refractivity contribution < 1.29 is 0 Å². The molecule has 20 heavy (non-hydrogen) atoms. The van der Waals surface area contributed by atoms with Crippen molar-refractivity contribution in [3.8, 4) is 0 Å². The van der Waals surface area contributed by atoms with Gasteiger partial charge in [-0.25, -0.2) is 10.8 Å². The van der Waals surface area contributed by atoms with Gasteiger partial charge in [0.15, 0.2) is 5.82 Å². The van der Waals surface area contributed by atoms with Gasteiger partial charge in [-0.1, -0.05) is 29.3 Å². The molecular formula is C13H16Cl2N4S. The van der Waals surface area contributed by atoms with Crippen LogP contribution in [0.1, 0.15) is 11.8 Å². The van der Waals surface area contributed by atoms with Gasteiger partial charge in [0.05, 0.1) is 10.0 Å². The van der Waals surface area contributed by atoms with Gasteiger partial charge in [0.25, 0.3) is 0 Å². The highest BCUT2D eigenvalue weighted by Gasteiger charge is 2.17. The predicted octanol–water partition coefficient (Wildman–Crippen LogP) is 3.80. The number of nitrogens with one attached hydrogen (secondary N) is 1. The molecule has 2 aromatic heterocycles. The molecule has 1 unspecified atom stereocenters. The summed E-state index contributed by atoms with van der Waals surface area (Å²) >= 11 is 14.0. The Bertz CT molecular complexity index is 574. The minimum absolute atomic E-state index is 0.255. The summed E-state index contributed by atoms with van der Waals surface area (Å²) < 4.78 is 0. The van der Waals surface area contributed by atoms with E-state index >= 15 is 0 Å². The van der Waals surface area contributed by atoms with Crippen LogP contribution in [0.4, 0.5) is 11.6 Å². The van der Waals surface area contributed by atoms with Crippen molar-refractivity contribution in [2.24, 2.45) is 5.84 Å². The van der Waals surface area contributed by atoms with E-state index < -0.39 is 0 Å². The number of likely N-dealkylation sites (N-methyl/N-ethyl adjacent to an activating group) is 1. The SMILES string of the molecule is CC(Cc1cccs1)N(C)c1nc(NN)c(Cl)cc1Cl. The van der Waals surface area contributed by atoms with Crippen LogP contribution in [0.3, 0.4) is 0 Å². The lowest BCUT2D eigenvalue weighted by molar-refractivity contribution is 0.681. The molecule has 7 heteroatoms. The number of hydrogen-bond acceptors (Lipinski definition) is 5. The lowest BCUT2D eigenvalue weighted by atomic mass is 10.2. The van der Waals surface area contributed by atoms with Gasteiger partial charge in [0.1, 0.15) is 5.82 Å². The number of aromatic nitrogens is 1. The molecular weight excluding hydrogens is 315 g/mol. The number of nitrogens with zero attached hydrogens (tertiary/aromatic N) is 2. The molecule has 0 aliphatic heterocycles. The van der Waals surface area contributed by atoms with Crippen molar-refractivity contribution in [1.29, 1.82) is 0 Å². The third-order valence-corrected chi connectivity index (χ3v) is 4.58. The van der Waals surface area contributed by atoms with E-state index in [4.69, 9.17) is 29.0 Å². The fourth-order valence-electron chi connectivity index (χ4n) is 1.87. The zero-order valence-corrected chi connectivity index (χ0v) is 13.6. The molecule has 108 valence electrons. The number of nitrogens with two attached hydrogens (primary N) is 1. The molecule has 0 aliphatic carbocycles. The lowest BCUT2D eigenvalue weighted by Crippen LogP contribution is -2.31. The summed E-state index contributed by atoms with van der Waals surface area (Å²) in [4.78, 5) is 7.72. The number of nitrogen functional groups attached to an aromatic ring is 1. The van der Waals surface area contributed by atoms with Crippen LogP contribution >= 0.6 is 34.5 Å². The maximum absolute atomic E-state index is 6.22. The fraction of sp³-hybridized carbons (Fsp3) is 0.308. The molecule has 0 aromatic carbocycles. The van der Waals surface area contributed by atoms with Gasteiger partial charge in [-0.3, -0.25) is 0 Å². The summed E-state index contributed by atoms with van der Waals surface area (Å²) in [5.74, 6) is 6.48. The number of thiophene rings is 1. The second-order valence-electron chi connectivity index (χ2n) is 4.51. The largest absolute Gasteiger partial charge is 0.355 e. The average Bonchev–Trinajstić information content (AvgIpc) is 2.91. The summed E-state index contributed by atoms with van der Waals surface area (Å²) in [6, 6.07) is 6.08. The van der Waals surface area contributed by atoms with Crippen LogP contribution < -0.4 is 16.2 Å². The first-order chi connectivity index (χ1) is 9.52. The second kappa shape index (κ2) is 6.63. The monoisotopic (exact) mass is 330 g/mol. The Labute approximate surface area is 132 Å². The van der Waals surface area contributed by atoms with Crippen LogP contribution in [0.25, 0.3) is 0 Å². The van der Waals surface area contributed by atoms with E-state index in [1.807, 2.05) is 11.9 Å². The van der Waals surface area contributed by atoms with Crippen molar-refractivity contribution >= 4 is 46.2 Å². The van der Waals surface area contributed by atoms with Gasteiger partial charge in [0.2, 0.25) is 0 Å². The van der Waals surface area contributed by atoms with E-state index in [1.54, 1.807) is 17.4 Å². The average molecular weight is 331 g/mol. The zero-order valence-electron chi connectivity index (χ0n) is 11.2. The topological polar surface area (TPSA) is 54.2 Å². The van der Waals surface area contributed by atoms with Crippen molar-refractivity contribution in [2.45, 2.75) is 19.4 Å². The van der Waals surface area contributed by atoms with Crippen LogP contribution in [-0.4, -0.2) is 18.1 Å². The summed E-state index contributed by atoms with van der Waals surface area (Å²) in [5.41, 5.74) is 2.48. The van der Waals surface area contributed by atoms with Crippen molar-refractivity contribution in [3.63, 3.8) is 0 Å². The van der Waals surface area contributed by atoms with Gasteiger partial charge in [0, 0.05) is 24.4 Å². The molecule has 1 atom stereocenters. The molecule has 3 N–H and O–H groups in total. The summed E-state index contributed by atoms with van der Waals surface area (Å²) in [6.07, 6.45) is 0.931. The normalized spacial score (nSPS) is 12.2. The Morgan fingerprint density at radius 3 is 2.80 bits per heavy atom. The van der Waals surface area contributed by atoms with E-state index in [0.29, 0.717) is 21.7 Å². The lowest BCUT2D eigenvalue weighted by Gasteiger charge is -2.27. The quantitative estimate of drug-likeness (QED) is 0.646. The third-order valence-electron chi connectivity index (χ3n) is 3.12. The molecule has 2 aromatic rings. The third kappa shape index (κ3) is 3.35. The van der Waals surface area contributed by atoms with E-state index in [2.05, 4.69) is 34.8 Å². The molecule has 0 fully saturated rings. The van der Waals surface area contributed by atoms with Crippen LogP contribution in [0.5, 0.6) is 0 Å². The summed E-state index contributed by atoms with van der Waals surface area (Å²) in [5, 5.41) is 2.99. The van der Waals surface area contributed by atoms with E-state index in [1.165, 1.54) is 4.88 Å². The Hall–Kier alpha value is -1.01. The summed E-state index contributed by atoms with van der Waals surface area (Å²) in [7, 11) is 1.96. The number of hydrogen-bond donors (Lipinski definition) is 2. The van der Waals surface area contributed by atoms with Gasteiger partial charge in [-0.05, 0) is 24.4 Å². The Morgan fingerprint density at radius 2 is 2.20 bits per heavy atom. The highest BCUT2D eigenvalue weighted by atomic mass is 35.5. The number of pyridine rings is 1. The number of halogens is 2. The molecule has 0 aliphatic rings. The van der Waals surface area contributed by atoms with Crippen molar-refractivity contribution in [3.05, 3.63) is 38.5 Å². The first kappa shape index (κ1) is 15.4. The predicted molar refractivity (Wildman–Crippen MR) is 88.0 cm³/mol. The van der Waals surface area contributed by atoms with Crippen LogP contribution in [0, 0.1) is 0 Å². The zero-order chi connectivity index (χ0) is 14.7. The van der Waals surface area contributed by atoms with E-state index in [9.17, 15) is 0 Å². The summed E-state index contributed by atoms with van der Waals surface area (Å²) in [6.45, 7) is 2.13. The number of hydrazine groups is 1. The van der Waals surface area contributed by atoms with Crippen molar-refractivity contribution in [1.82, 2.24) is 4.98 Å². The van der Waals surface area contributed by atoms with E-state index in [0.717, 1.165) is 6.42 Å². The highest BCUT2D eigenvalue weighted by molar-refractivity contribution is 7.09. The smallest absolute Gasteiger partial charge is 0.161 e. The molecule has 0 radical (unpaired) electrons. The number of rotatable bonds is 5. The molecule has 4 nitrogen and oxygen atoms in total. The number of anilines is 2. The molecule has 0 saturated heterocycles. The maximum atomic E-state index is 6.22. The van der Waals surface area contributed by atoms with Crippen LogP contribution in [0.15, 0.2) is 23.6 Å². The molecule has 2 rings (SSSR count). The molecule has 2 heterocycles. The highest BCUT2D eigenvalue weighted by Crippen LogP contribution is 2.31. The van der Waals surface area contributed by atoms with E-state index in [-0.39, 0.29) is 6.04 Å².